The van der Waals surface area contributed by atoms with Crippen LogP contribution in [-0.4, -0.2) is 17.2 Å². The third kappa shape index (κ3) is 1.58. The lowest BCUT2D eigenvalue weighted by molar-refractivity contribution is 0.779. The zero-order valence-electron chi connectivity index (χ0n) is 8.29. The number of aromatic amines is 1. The molecule has 14 heavy (non-hydrogen) atoms. The van der Waals surface area contributed by atoms with Gasteiger partial charge in [-0.2, -0.15) is 5.10 Å². The van der Waals surface area contributed by atoms with Crippen molar-refractivity contribution < 1.29 is 0 Å². The highest BCUT2D eigenvalue weighted by Gasteiger charge is 2.10. The largest absolute Gasteiger partial charge is 0.314 e. The first-order valence-electron chi connectivity index (χ1n) is 4.55. The van der Waals surface area contributed by atoms with Gasteiger partial charge < -0.3 is 5.32 Å². The maximum Gasteiger partial charge on any atom is 0.105 e. The summed E-state index contributed by atoms with van der Waals surface area (Å²) < 4.78 is 0. The first-order valence-corrected chi connectivity index (χ1v) is 5.43. The van der Waals surface area contributed by atoms with Crippen LogP contribution in [0.25, 0.3) is 10.6 Å². The molecule has 2 aromatic rings. The summed E-state index contributed by atoms with van der Waals surface area (Å²) in [7, 11) is 1.94. The van der Waals surface area contributed by atoms with E-state index in [1.165, 1.54) is 10.4 Å². The normalized spacial score (nSPS) is 10.7. The van der Waals surface area contributed by atoms with Gasteiger partial charge in [0.2, 0.25) is 0 Å². The SMILES string of the molecule is CNCc1[nH]nc(-c2cccs2)c1C. The zero-order chi connectivity index (χ0) is 9.97. The lowest BCUT2D eigenvalue weighted by Gasteiger charge is -1.97. The van der Waals surface area contributed by atoms with Gasteiger partial charge in [0.25, 0.3) is 0 Å². The predicted molar refractivity (Wildman–Crippen MR) is 59.4 cm³/mol. The van der Waals surface area contributed by atoms with Crippen LogP contribution < -0.4 is 5.32 Å². The monoisotopic (exact) mass is 207 g/mol. The average molecular weight is 207 g/mol. The van der Waals surface area contributed by atoms with E-state index < -0.39 is 0 Å². The summed E-state index contributed by atoms with van der Waals surface area (Å²) >= 11 is 1.72. The minimum absolute atomic E-state index is 0.838. The van der Waals surface area contributed by atoms with E-state index in [0.717, 1.165) is 17.9 Å². The molecular weight excluding hydrogens is 194 g/mol. The van der Waals surface area contributed by atoms with Gasteiger partial charge in [0, 0.05) is 12.1 Å². The maximum atomic E-state index is 4.32. The van der Waals surface area contributed by atoms with Crippen molar-refractivity contribution in [2.24, 2.45) is 0 Å². The second-order valence-corrected chi connectivity index (χ2v) is 4.13. The number of rotatable bonds is 3. The highest BCUT2D eigenvalue weighted by molar-refractivity contribution is 7.13. The molecule has 0 aliphatic carbocycles. The van der Waals surface area contributed by atoms with Crippen molar-refractivity contribution in [2.75, 3.05) is 7.05 Å². The Morgan fingerprint density at radius 3 is 3.07 bits per heavy atom. The molecular formula is C10H13N3S. The first-order chi connectivity index (χ1) is 6.83. The van der Waals surface area contributed by atoms with Gasteiger partial charge in [0.05, 0.1) is 10.6 Å². The molecule has 0 aliphatic rings. The molecule has 0 aliphatic heterocycles. The summed E-state index contributed by atoms with van der Waals surface area (Å²) in [6, 6.07) is 4.14. The predicted octanol–water partition coefficient (Wildman–Crippen LogP) is 2.17. The molecule has 74 valence electrons. The van der Waals surface area contributed by atoms with Crippen LogP contribution in [0.1, 0.15) is 11.3 Å². The number of nitrogens with zero attached hydrogens (tertiary/aromatic N) is 1. The topological polar surface area (TPSA) is 40.7 Å². The van der Waals surface area contributed by atoms with E-state index in [9.17, 15) is 0 Å². The molecule has 0 spiro atoms. The summed E-state index contributed by atoms with van der Waals surface area (Å²) in [6.45, 7) is 2.94. The Bertz CT molecular complexity index is 403. The lowest BCUT2D eigenvalue weighted by atomic mass is 10.2. The van der Waals surface area contributed by atoms with Crippen LogP contribution in [0.5, 0.6) is 0 Å². The molecule has 0 bridgehead atoms. The summed E-state index contributed by atoms with van der Waals surface area (Å²) in [5.41, 5.74) is 3.47. The minimum atomic E-state index is 0.838. The zero-order valence-corrected chi connectivity index (χ0v) is 9.11. The quantitative estimate of drug-likeness (QED) is 0.809. The molecule has 0 amide bonds. The maximum absolute atomic E-state index is 4.32. The Kier molecular flexibility index (Phi) is 2.65. The highest BCUT2D eigenvalue weighted by atomic mass is 32.1. The standard InChI is InChI=1S/C10H13N3S/c1-7-8(6-11-2)12-13-10(7)9-4-3-5-14-9/h3-5,11H,6H2,1-2H3,(H,12,13). The van der Waals surface area contributed by atoms with Crippen LogP contribution in [0.2, 0.25) is 0 Å². The third-order valence-electron chi connectivity index (χ3n) is 2.22. The van der Waals surface area contributed by atoms with Gasteiger partial charge in [0.15, 0.2) is 0 Å². The molecule has 0 fully saturated rings. The second-order valence-electron chi connectivity index (χ2n) is 3.18. The van der Waals surface area contributed by atoms with Crippen molar-refractivity contribution in [2.45, 2.75) is 13.5 Å². The highest BCUT2D eigenvalue weighted by Crippen LogP contribution is 2.26. The molecule has 0 radical (unpaired) electrons. The first kappa shape index (κ1) is 9.43. The van der Waals surface area contributed by atoms with Gasteiger partial charge in [-0.05, 0) is 25.4 Å². The fourth-order valence-electron chi connectivity index (χ4n) is 1.44. The van der Waals surface area contributed by atoms with Crippen LogP contribution in [-0.2, 0) is 6.54 Å². The number of hydrogen-bond donors (Lipinski definition) is 2. The van der Waals surface area contributed by atoms with Crippen molar-refractivity contribution in [1.82, 2.24) is 15.5 Å². The Balaban J connectivity index is 2.36. The summed E-state index contributed by atoms with van der Waals surface area (Å²) in [4.78, 5) is 1.22. The minimum Gasteiger partial charge on any atom is -0.314 e. The molecule has 3 nitrogen and oxygen atoms in total. The van der Waals surface area contributed by atoms with E-state index in [0.29, 0.717) is 0 Å². The number of H-pyrrole nitrogens is 1. The molecule has 2 heterocycles. The molecule has 0 atom stereocenters. The van der Waals surface area contributed by atoms with Gasteiger partial charge in [-0.1, -0.05) is 6.07 Å². The van der Waals surface area contributed by atoms with Crippen LogP contribution in [0.4, 0.5) is 0 Å². The van der Waals surface area contributed by atoms with Gasteiger partial charge in [-0.15, -0.1) is 11.3 Å². The van der Waals surface area contributed by atoms with E-state index >= 15 is 0 Å². The average Bonchev–Trinajstić information content (AvgIpc) is 2.77. The van der Waals surface area contributed by atoms with Gasteiger partial charge >= 0.3 is 0 Å². The van der Waals surface area contributed by atoms with E-state index in [2.05, 4.69) is 33.9 Å². The van der Waals surface area contributed by atoms with Crippen molar-refractivity contribution in [1.29, 1.82) is 0 Å². The fraction of sp³-hybridized carbons (Fsp3) is 0.300. The molecule has 2 aromatic heterocycles. The van der Waals surface area contributed by atoms with Crippen LogP contribution in [0.3, 0.4) is 0 Å². The summed E-state index contributed by atoms with van der Waals surface area (Å²) in [6.07, 6.45) is 0. The van der Waals surface area contributed by atoms with E-state index in [4.69, 9.17) is 0 Å². The molecule has 2 rings (SSSR count). The molecule has 4 heteroatoms. The number of aromatic nitrogens is 2. The fourth-order valence-corrected chi connectivity index (χ4v) is 2.21. The van der Waals surface area contributed by atoms with Crippen LogP contribution in [0.15, 0.2) is 17.5 Å². The van der Waals surface area contributed by atoms with Crippen molar-refractivity contribution >= 4 is 11.3 Å². The van der Waals surface area contributed by atoms with Gasteiger partial charge in [0.1, 0.15) is 5.69 Å². The molecule has 0 aromatic carbocycles. The van der Waals surface area contributed by atoms with Crippen LogP contribution >= 0.6 is 11.3 Å². The van der Waals surface area contributed by atoms with Gasteiger partial charge in [-0.25, -0.2) is 0 Å². The third-order valence-corrected chi connectivity index (χ3v) is 3.10. The lowest BCUT2D eigenvalue weighted by Crippen LogP contribution is -2.06. The van der Waals surface area contributed by atoms with Gasteiger partial charge in [-0.3, -0.25) is 5.10 Å². The Labute approximate surface area is 87.2 Å². The number of thiophene rings is 1. The molecule has 0 saturated carbocycles. The summed E-state index contributed by atoms with van der Waals surface area (Å²) in [5, 5.41) is 12.6. The molecule has 0 saturated heterocycles. The van der Waals surface area contributed by atoms with E-state index in [1.54, 1.807) is 11.3 Å². The van der Waals surface area contributed by atoms with Crippen molar-refractivity contribution in [3.05, 3.63) is 28.8 Å². The van der Waals surface area contributed by atoms with E-state index in [-0.39, 0.29) is 0 Å². The number of nitrogens with one attached hydrogen (secondary N) is 2. The molecule has 0 unspecified atom stereocenters. The molecule has 2 N–H and O–H groups in total. The number of hydrogen-bond acceptors (Lipinski definition) is 3. The van der Waals surface area contributed by atoms with Crippen molar-refractivity contribution in [3.8, 4) is 10.6 Å². The Morgan fingerprint density at radius 1 is 1.57 bits per heavy atom. The Hall–Kier alpha value is -1.13. The van der Waals surface area contributed by atoms with Crippen LogP contribution in [0, 0.1) is 6.92 Å². The smallest absolute Gasteiger partial charge is 0.105 e. The summed E-state index contributed by atoms with van der Waals surface area (Å²) in [5.74, 6) is 0. The second kappa shape index (κ2) is 3.94. The van der Waals surface area contributed by atoms with Crippen molar-refractivity contribution in [3.63, 3.8) is 0 Å². The van der Waals surface area contributed by atoms with E-state index in [1.807, 2.05) is 13.1 Å². The Morgan fingerprint density at radius 2 is 2.43 bits per heavy atom.